The molecule has 2 aromatic rings. The van der Waals surface area contributed by atoms with Crippen molar-refractivity contribution < 1.29 is 23.4 Å². The highest BCUT2D eigenvalue weighted by molar-refractivity contribution is 5.95. The maximum atomic E-state index is 14.9. The molecule has 166 valence electrons. The monoisotopic (exact) mass is 437 g/mol. The van der Waals surface area contributed by atoms with E-state index in [-0.39, 0.29) is 36.9 Å². The SMILES string of the molecule is CC#CCOc1ccc(C(=O)Cc2ccc(F)c([C@@]3(C)N=C(N)O[C@@H]4COC[C@@H]43)c2)nc1. The van der Waals surface area contributed by atoms with Gasteiger partial charge in [-0.1, -0.05) is 12.0 Å². The maximum Gasteiger partial charge on any atom is 0.283 e. The van der Waals surface area contributed by atoms with Crippen LogP contribution in [-0.4, -0.2) is 42.7 Å². The standard InChI is InChI=1S/C24H24FN3O4/c1-3-4-9-31-16-6-8-20(27-12-16)21(29)11-15-5-7-19(25)17(10-15)24(2)18-13-30-14-22(18)32-23(26)28-24/h5-8,10,12,18,22H,9,11,13-14H2,1-2H3,(H2,26,28)/t18-,22+,24+/m0/s1. The van der Waals surface area contributed by atoms with Gasteiger partial charge in [-0.2, -0.15) is 0 Å². The van der Waals surface area contributed by atoms with Crippen LogP contribution in [0.5, 0.6) is 5.75 Å². The zero-order chi connectivity index (χ0) is 22.7. The number of aromatic nitrogens is 1. The average molecular weight is 437 g/mol. The number of Topliss-reactive ketones (excluding diaryl/α,β-unsaturated/α-hetero) is 1. The summed E-state index contributed by atoms with van der Waals surface area (Å²) in [6.45, 7) is 4.58. The van der Waals surface area contributed by atoms with Crippen molar-refractivity contribution in [1.29, 1.82) is 0 Å². The molecular formula is C24H24FN3O4. The summed E-state index contributed by atoms with van der Waals surface area (Å²) < 4.78 is 31.4. The van der Waals surface area contributed by atoms with Crippen LogP contribution >= 0.6 is 0 Å². The highest BCUT2D eigenvalue weighted by Crippen LogP contribution is 2.43. The smallest absolute Gasteiger partial charge is 0.283 e. The summed E-state index contributed by atoms with van der Waals surface area (Å²) in [6, 6.07) is 7.91. The van der Waals surface area contributed by atoms with Crippen molar-refractivity contribution in [2.24, 2.45) is 16.6 Å². The first-order chi connectivity index (χ1) is 15.4. The van der Waals surface area contributed by atoms with Gasteiger partial charge in [0.25, 0.3) is 6.02 Å². The van der Waals surface area contributed by atoms with Gasteiger partial charge in [-0.25, -0.2) is 14.4 Å². The Labute approximate surface area is 185 Å². The van der Waals surface area contributed by atoms with Gasteiger partial charge in [0.2, 0.25) is 0 Å². The molecule has 0 saturated carbocycles. The van der Waals surface area contributed by atoms with E-state index in [1.807, 2.05) is 6.92 Å². The van der Waals surface area contributed by atoms with Crippen LogP contribution in [0.4, 0.5) is 4.39 Å². The van der Waals surface area contributed by atoms with E-state index in [0.29, 0.717) is 35.8 Å². The van der Waals surface area contributed by atoms with Crippen molar-refractivity contribution in [2.45, 2.75) is 31.9 Å². The molecular weight excluding hydrogens is 413 g/mol. The number of nitrogens with two attached hydrogens (primary N) is 1. The number of carbonyl (C=O) groups is 1. The Morgan fingerprint density at radius 2 is 2.19 bits per heavy atom. The number of hydrogen-bond donors (Lipinski definition) is 1. The van der Waals surface area contributed by atoms with Crippen LogP contribution in [0, 0.1) is 23.6 Å². The zero-order valence-electron chi connectivity index (χ0n) is 17.9. The van der Waals surface area contributed by atoms with Crippen LogP contribution < -0.4 is 10.5 Å². The first-order valence-corrected chi connectivity index (χ1v) is 10.3. The molecule has 3 heterocycles. The van der Waals surface area contributed by atoms with Crippen molar-refractivity contribution in [2.75, 3.05) is 19.8 Å². The van der Waals surface area contributed by atoms with E-state index in [1.54, 1.807) is 31.2 Å². The molecule has 1 aromatic heterocycles. The van der Waals surface area contributed by atoms with Gasteiger partial charge >= 0.3 is 0 Å². The highest BCUT2D eigenvalue weighted by atomic mass is 19.1. The van der Waals surface area contributed by atoms with Gasteiger partial charge in [-0.15, -0.1) is 5.92 Å². The number of halogens is 1. The van der Waals surface area contributed by atoms with Crippen molar-refractivity contribution in [1.82, 2.24) is 4.98 Å². The number of ketones is 1. The minimum atomic E-state index is -0.953. The summed E-state index contributed by atoms with van der Waals surface area (Å²) in [5.41, 5.74) is 6.24. The van der Waals surface area contributed by atoms with Gasteiger partial charge in [-0.3, -0.25) is 4.79 Å². The van der Waals surface area contributed by atoms with Crippen molar-refractivity contribution in [3.05, 3.63) is 59.2 Å². The second kappa shape index (κ2) is 8.97. The normalized spacial score (nSPS) is 23.9. The minimum absolute atomic E-state index is 0.0107. The third-order valence-electron chi connectivity index (χ3n) is 5.82. The predicted molar refractivity (Wildman–Crippen MR) is 116 cm³/mol. The molecule has 2 aliphatic rings. The molecule has 0 aliphatic carbocycles. The molecule has 1 aromatic carbocycles. The molecule has 2 aliphatic heterocycles. The van der Waals surface area contributed by atoms with Crippen LogP contribution in [0.15, 0.2) is 41.5 Å². The number of benzene rings is 1. The summed E-state index contributed by atoms with van der Waals surface area (Å²) in [4.78, 5) is 21.4. The number of hydrogen-bond acceptors (Lipinski definition) is 7. The molecule has 8 heteroatoms. The average Bonchev–Trinajstić information content (AvgIpc) is 3.25. The molecule has 3 atom stereocenters. The van der Waals surface area contributed by atoms with Gasteiger partial charge in [0.15, 0.2) is 5.78 Å². The lowest BCUT2D eigenvalue weighted by Crippen LogP contribution is -2.47. The molecule has 2 N–H and O–H groups in total. The third-order valence-corrected chi connectivity index (χ3v) is 5.82. The maximum absolute atomic E-state index is 14.9. The Bertz CT molecular complexity index is 1110. The molecule has 1 saturated heterocycles. The number of amidine groups is 1. The summed E-state index contributed by atoms with van der Waals surface area (Å²) in [5.74, 6) is 5.28. The van der Waals surface area contributed by atoms with E-state index < -0.39 is 11.4 Å². The van der Waals surface area contributed by atoms with Gasteiger partial charge in [-0.05, 0) is 43.7 Å². The fourth-order valence-corrected chi connectivity index (χ4v) is 4.10. The topological polar surface area (TPSA) is 96.0 Å². The summed E-state index contributed by atoms with van der Waals surface area (Å²) in [7, 11) is 0. The van der Waals surface area contributed by atoms with Gasteiger partial charge < -0.3 is 19.9 Å². The second-order valence-electron chi connectivity index (χ2n) is 7.91. The van der Waals surface area contributed by atoms with E-state index >= 15 is 0 Å². The molecule has 0 bridgehead atoms. The Balaban J connectivity index is 1.54. The van der Waals surface area contributed by atoms with Crippen molar-refractivity contribution >= 4 is 11.8 Å². The Kier molecular flexibility index (Phi) is 6.10. The van der Waals surface area contributed by atoms with Crippen LogP contribution in [0.3, 0.4) is 0 Å². The van der Waals surface area contributed by atoms with Crippen molar-refractivity contribution in [3.63, 3.8) is 0 Å². The summed E-state index contributed by atoms with van der Waals surface area (Å²) in [6.07, 6.45) is 1.27. The van der Waals surface area contributed by atoms with Crippen LogP contribution in [0.2, 0.25) is 0 Å². The van der Waals surface area contributed by atoms with E-state index in [2.05, 4.69) is 21.8 Å². The quantitative estimate of drug-likeness (QED) is 0.551. The fraction of sp³-hybridized carbons (Fsp3) is 0.375. The number of ether oxygens (including phenoxy) is 3. The van der Waals surface area contributed by atoms with Crippen LogP contribution in [-0.2, 0) is 21.4 Å². The molecule has 32 heavy (non-hydrogen) atoms. The van der Waals surface area contributed by atoms with Gasteiger partial charge in [0.1, 0.15) is 30.0 Å². The van der Waals surface area contributed by atoms with E-state index in [9.17, 15) is 9.18 Å². The van der Waals surface area contributed by atoms with Crippen LogP contribution in [0.1, 0.15) is 35.5 Å². The van der Waals surface area contributed by atoms with Gasteiger partial charge in [0.05, 0.1) is 30.9 Å². The fourth-order valence-electron chi connectivity index (χ4n) is 4.10. The van der Waals surface area contributed by atoms with E-state index in [4.69, 9.17) is 19.9 Å². The highest BCUT2D eigenvalue weighted by Gasteiger charge is 2.50. The zero-order valence-corrected chi connectivity index (χ0v) is 17.9. The van der Waals surface area contributed by atoms with Crippen LogP contribution in [0.25, 0.3) is 0 Å². The summed E-state index contributed by atoms with van der Waals surface area (Å²) >= 11 is 0. The Hall–Kier alpha value is -3.44. The van der Waals surface area contributed by atoms with E-state index in [0.717, 1.165) is 0 Å². The lowest BCUT2D eigenvalue weighted by molar-refractivity contribution is 0.0816. The summed E-state index contributed by atoms with van der Waals surface area (Å²) in [5, 5.41) is 0. The third kappa shape index (κ3) is 4.30. The molecule has 0 radical (unpaired) electrons. The molecule has 4 rings (SSSR count). The number of pyridine rings is 1. The second-order valence-corrected chi connectivity index (χ2v) is 7.91. The Morgan fingerprint density at radius 3 is 2.94 bits per heavy atom. The number of carbonyl (C=O) groups excluding carboxylic acids is 1. The number of nitrogens with zero attached hydrogens (tertiary/aromatic N) is 2. The molecule has 7 nitrogen and oxygen atoms in total. The predicted octanol–water partition coefficient (Wildman–Crippen LogP) is 2.62. The minimum Gasteiger partial charge on any atom is -0.479 e. The number of rotatable bonds is 6. The van der Waals surface area contributed by atoms with Gasteiger partial charge in [0, 0.05) is 12.0 Å². The Morgan fingerprint density at radius 1 is 1.34 bits per heavy atom. The lowest BCUT2D eigenvalue weighted by Gasteiger charge is -2.38. The molecule has 0 amide bonds. The molecule has 0 unspecified atom stereocenters. The first kappa shape index (κ1) is 21.8. The molecule has 1 fully saturated rings. The largest absolute Gasteiger partial charge is 0.479 e. The first-order valence-electron chi connectivity index (χ1n) is 10.3. The number of aliphatic imine (C=N–C) groups is 1. The molecule has 0 spiro atoms. The lowest BCUT2D eigenvalue weighted by atomic mass is 9.77. The van der Waals surface area contributed by atoms with Crippen molar-refractivity contribution in [3.8, 4) is 17.6 Å². The van der Waals surface area contributed by atoms with E-state index in [1.165, 1.54) is 12.3 Å². The number of fused-ring (bicyclic) bond motifs is 1.